The van der Waals surface area contributed by atoms with Gasteiger partial charge < -0.3 is 4.74 Å². The number of Topliss-reactive ketones (excluding diaryl/α,β-unsaturated/α-hetero) is 1. The monoisotopic (exact) mass is 426 g/mol. The van der Waals surface area contributed by atoms with E-state index in [-0.39, 0.29) is 28.6 Å². The average Bonchev–Trinajstić information content (AvgIpc) is 3.01. The summed E-state index contributed by atoms with van der Waals surface area (Å²) < 4.78 is 20.2. The van der Waals surface area contributed by atoms with E-state index in [9.17, 15) is 14.0 Å². The lowest BCUT2D eigenvalue weighted by atomic mass is 9.77. The summed E-state index contributed by atoms with van der Waals surface area (Å²) in [5, 5.41) is -0.0970. The minimum absolute atomic E-state index is 0.0619. The number of aromatic nitrogens is 1. The number of halogens is 2. The number of rotatable bonds is 2. The standard InChI is InChI=1S/C23H20ClFN2O3/c1-12-4-2-7-18(26-12)27-20(13-5-3-6-15(25)10-13)19-21(28)16-11-14(24)8-9-17(16)30-22(19)23(27)29/h2-7,10,14,16-17,20H,8-9,11H2,1H3. The van der Waals surface area contributed by atoms with Crippen LogP contribution in [0.2, 0.25) is 0 Å². The van der Waals surface area contributed by atoms with Crippen molar-refractivity contribution in [2.75, 3.05) is 4.90 Å². The molecule has 154 valence electrons. The molecule has 4 atom stereocenters. The summed E-state index contributed by atoms with van der Waals surface area (Å²) in [5.74, 6) is -0.924. The molecule has 0 saturated heterocycles. The van der Waals surface area contributed by atoms with Gasteiger partial charge >= 0.3 is 0 Å². The summed E-state index contributed by atoms with van der Waals surface area (Å²) in [6.45, 7) is 1.82. The number of ether oxygens (including phenoxy) is 1. The van der Waals surface area contributed by atoms with E-state index in [0.29, 0.717) is 24.2 Å². The molecule has 5 rings (SSSR count). The number of carbonyl (C=O) groups excluding carboxylic acids is 2. The third-order valence-electron chi connectivity index (χ3n) is 6.07. The van der Waals surface area contributed by atoms with Gasteiger partial charge in [-0.25, -0.2) is 9.37 Å². The zero-order chi connectivity index (χ0) is 21.0. The fourth-order valence-electron chi connectivity index (χ4n) is 4.71. The van der Waals surface area contributed by atoms with Crippen LogP contribution in [0.3, 0.4) is 0 Å². The topological polar surface area (TPSA) is 59.5 Å². The van der Waals surface area contributed by atoms with Crippen molar-refractivity contribution in [1.82, 2.24) is 4.98 Å². The molecule has 30 heavy (non-hydrogen) atoms. The number of hydrogen-bond acceptors (Lipinski definition) is 4. The molecule has 0 bridgehead atoms. The van der Waals surface area contributed by atoms with Gasteiger partial charge in [0.25, 0.3) is 5.91 Å². The highest BCUT2D eigenvalue weighted by molar-refractivity contribution is 6.21. The molecule has 3 heterocycles. The van der Waals surface area contributed by atoms with Gasteiger partial charge in [0, 0.05) is 11.1 Å². The van der Waals surface area contributed by atoms with E-state index in [1.807, 2.05) is 13.0 Å². The number of pyridine rings is 1. The van der Waals surface area contributed by atoms with Crippen LogP contribution in [0.15, 0.2) is 53.8 Å². The van der Waals surface area contributed by atoms with Crippen LogP contribution in [0, 0.1) is 18.7 Å². The second-order valence-electron chi connectivity index (χ2n) is 8.05. The number of amides is 1. The number of hydrogen-bond donors (Lipinski definition) is 0. The maximum atomic E-state index is 14.1. The Morgan fingerprint density at radius 3 is 2.73 bits per heavy atom. The van der Waals surface area contributed by atoms with Crippen LogP contribution in [-0.4, -0.2) is 28.2 Å². The summed E-state index contributed by atoms with van der Waals surface area (Å²) in [6, 6.07) is 10.5. The number of ketones is 1. The Bertz CT molecular complexity index is 1090. The fourth-order valence-corrected chi connectivity index (χ4v) is 5.02. The van der Waals surface area contributed by atoms with Crippen molar-refractivity contribution in [3.63, 3.8) is 0 Å². The number of nitrogens with zero attached hydrogens (tertiary/aromatic N) is 2. The average molecular weight is 427 g/mol. The highest BCUT2D eigenvalue weighted by Gasteiger charge is 2.53. The Labute approximate surface area is 178 Å². The molecule has 1 aromatic heterocycles. The molecule has 2 aliphatic heterocycles. The van der Waals surface area contributed by atoms with Crippen LogP contribution in [-0.2, 0) is 14.3 Å². The molecule has 1 aliphatic carbocycles. The van der Waals surface area contributed by atoms with Crippen molar-refractivity contribution in [3.8, 4) is 0 Å². The molecule has 1 fully saturated rings. The molecule has 1 saturated carbocycles. The van der Waals surface area contributed by atoms with Crippen molar-refractivity contribution in [1.29, 1.82) is 0 Å². The van der Waals surface area contributed by atoms with Gasteiger partial charge in [0.2, 0.25) is 0 Å². The molecule has 3 aliphatic rings. The molecule has 1 aromatic carbocycles. The molecule has 4 unspecified atom stereocenters. The smallest absolute Gasteiger partial charge is 0.295 e. The van der Waals surface area contributed by atoms with Crippen LogP contribution in [0.4, 0.5) is 10.2 Å². The fraction of sp³-hybridized carbons (Fsp3) is 0.348. The highest BCUT2D eigenvalue weighted by atomic mass is 35.5. The van der Waals surface area contributed by atoms with E-state index in [1.165, 1.54) is 17.0 Å². The van der Waals surface area contributed by atoms with Gasteiger partial charge in [0.1, 0.15) is 17.7 Å². The van der Waals surface area contributed by atoms with Crippen molar-refractivity contribution in [3.05, 3.63) is 70.9 Å². The predicted molar refractivity (Wildman–Crippen MR) is 109 cm³/mol. The van der Waals surface area contributed by atoms with Crippen LogP contribution in [0.5, 0.6) is 0 Å². The highest BCUT2D eigenvalue weighted by Crippen LogP contribution is 2.48. The van der Waals surface area contributed by atoms with Crippen molar-refractivity contribution >= 4 is 29.1 Å². The van der Waals surface area contributed by atoms with Gasteiger partial charge in [-0.3, -0.25) is 14.5 Å². The molecular weight excluding hydrogens is 407 g/mol. The Kier molecular flexibility index (Phi) is 4.62. The maximum absolute atomic E-state index is 14.1. The third-order valence-corrected chi connectivity index (χ3v) is 6.46. The first kappa shape index (κ1) is 19.2. The van der Waals surface area contributed by atoms with Gasteiger partial charge in [-0.1, -0.05) is 18.2 Å². The summed E-state index contributed by atoms with van der Waals surface area (Å²) in [7, 11) is 0. The quantitative estimate of drug-likeness (QED) is 0.674. The van der Waals surface area contributed by atoms with Crippen molar-refractivity contribution in [2.45, 2.75) is 43.7 Å². The number of aryl methyl sites for hydroxylation is 1. The zero-order valence-corrected chi connectivity index (χ0v) is 17.1. The second-order valence-corrected chi connectivity index (χ2v) is 8.67. The first-order chi connectivity index (χ1) is 14.4. The summed E-state index contributed by atoms with van der Waals surface area (Å²) >= 11 is 6.33. The van der Waals surface area contributed by atoms with E-state index in [0.717, 1.165) is 12.1 Å². The second kappa shape index (κ2) is 7.20. The Morgan fingerprint density at radius 2 is 1.97 bits per heavy atom. The summed E-state index contributed by atoms with van der Waals surface area (Å²) in [5.41, 5.74) is 1.51. The first-order valence-electron chi connectivity index (χ1n) is 10.1. The van der Waals surface area contributed by atoms with Crippen LogP contribution >= 0.6 is 11.6 Å². The Morgan fingerprint density at radius 1 is 1.17 bits per heavy atom. The minimum Gasteiger partial charge on any atom is -0.483 e. The van der Waals surface area contributed by atoms with Crippen molar-refractivity contribution < 1.29 is 18.7 Å². The predicted octanol–water partition coefficient (Wildman–Crippen LogP) is 4.25. The number of alkyl halides is 1. The summed E-state index contributed by atoms with van der Waals surface area (Å²) in [4.78, 5) is 32.9. The molecule has 7 heteroatoms. The van der Waals surface area contributed by atoms with Gasteiger partial charge in [0.05, 0.1) is 17.5 Å². The van der Waals surface area contributed by atoms with Crippen LogP contribution in [0.1, 0.15) is 36.6 Å². The number of fused-ring (bicyclic) bond motifs is 1. The zero-order valence-electron chi connectivity index (χ0n) is 16.3. The number of benzene rings is 1. The number of carbonyl (C=O) groups is 2. The normalized spacial score (nSPS) is 28.3. The molecular formula is C23H20ClFN2O3. The van der Waals surface area contributed by atoms with Gasteiger partial charge in [0.15, 0.2) is 11.5 Å². The van der Waals surface area contributed by atoms with Gasteiger partial charge in [-0.2, -0.15) is 0 Å². The van der Waals surface area contributed by atoms with Crippen LogP contribution in [0.25, 0.3) is 0 Å². The molecule has 0 radical (unpaired) electrons. The lowest BCUT2D eigenvalue weighted by molar-refractivity contribution is -0.131. The maximum Gasteiger partial charge on any atom is 0.295 e. The minimum atomic E-state index is -0.790. The molecule has 1 amide bonds. The first-order valence-corrected chi connectivity index (χ1v) is 10.5. The van der Waals surface area contributed by atoms with Gasteiger partial charge in [-0.05, 0) is 56.0 Å². The van der Waals surface area contributed by atoms with Crippen LogP contribution < -0.4 is 4.90 Å². The van der Waals surface area contributed by atoms with Crippen molar-refractivity contribution in [2.24, 2.45) is 5.92 Å². The number of anilines is 1. The molecule has 0 N–H and O–H groups in total. The Balaban J connectivity index is 1.66. The molecule has 0 spiro atoms. The summed E-state index contributed by atoms with van der Waals surface area (Å²) in [6.07, 6.45) is 1.52. The molecule has 5 nitrogen and oxygen atoms in total. The molecule has 2 aromatic rings. The van der Waals surface area contributed by atoms with E-state index >= 15 is 0 Å². The Hall–Kier alpha value is -2.73. The SMILES string of the molecule is Cc1cccc(N2C(=O)C3=C(C(=O)C4CC(Cl)CCC4O3)C2c2cccc(F)c2)n1. The van der Waals surface area contributed by atoms with E-state index in [4.69, 9.17) is 16.3 Å². The van der Waals surface area contributed by atoms with E-state index < -0.39 is 23.7 Å². The van der Waals surface area contributed by atoms with Gasteiger partial charge in [-0.15, -0.1) is 11.6 Å². The third kappa shape index (κ3) is 3.01. The van der Waals surface area contributed by atoms with E-state index in [1.54, 1.807) is 24.3 Å². The van der Waals surface area contributed by atoms with E-state index in [2.05, 4.69) is 4.98 Å². The largest absolute Gasteiger partial charge is 0.483 e. The lowest BCUT2D eigenvalue weighted by Crippen LogP contribution is -2.41. The lowest BCUT2D eigenvalue weighted by Gasteiger charge is -2.37.